The number of carbonyl (C=O) groups is 2. The highest BCUT2D eigenvalue weighted by Crippen LogP contribution is 2.32. The summed E-state index contributed by atoms with van der Waals surface area (Å²) in [6.45, 7) is 2.52. The van der Waals surface area contributed by atoms with Gasteiger partial charge in [-0.1, -0.05) is 23.2 Å². The molecule has 1 rings (SSSR count). The Kier molecular flexibility index (Phi) is 4.09. The summed E-state index contributed by atoms with van der Waals surface area (Å²) < 4.78 is 4.73. The third kappa shape index (κ3) is 3.36. The molecule has 1 amide bonds. The molecule has 0 fully saturated rings. The van der Waals surface area contributed by atoms with Gasteiger partial charge < -0.3 is 10.1 Å². The Hall–Kier alpha value is -1.33. The van der Waals surface area contributed by atoms with Gasteiger partial charge in [-0.25, -0.2) is 0 Å². The fourth-order valence-electron chi connectivity index (χ4n) is 0.960. The zero-order valence-corrected chi connectivity index (χ0v) is 10.0. The van der Waals surface area contributed by atoms with Crippen LogP contribution in [0.25, 0.3) is 0 Å². The summed E-state index contributed by atoms with van der Waals surface area (Å²) in [6.07, 6.45) is 0. The minimum Gasteiger partial charge on any atom is -0.406 e. The van der Waals surface area contributed by atoms with Crippen molar-refractivity contribution in [2.75, 3.05) is 5.32 Å². The molecule has 7 heteroatoms. The number of hydrogen-bond acceptors (Lipinski definition) is 4. The fraction of sp³-hybridized carbons (Fsp3) is 0.222. The molecule has 1 heterocycles. The van der Waals surface area contributed by atoms with Gasteiger partial charge in [-0.2, -0.15) is 4.98 Å². The topological polar surface area (TPSA) is 68.3 Å². The van der Waals surface area contributed by atoms with E-state index in [2.05, 4.69) is 10.3 Å². The van der Waals surface area contributed by atoms with Crippen molar-refractivity contribution in [2.24, 2.45) is 0 Å². The lowest BCUT2D eigenvalue weighted by atomic mass is 10.4. The van der Waals surface area contributed by atoms with Crippen LogP contribution in [0.5, 0.6) is 5.88 Å². The van der Waals surface area contributed by atoms with Crippen LogP contribution >= 0.6 is 23.2 Å². The highest BCUT2D eigenvalue weighted by molar-refractivity contribution is 6.36. The lowest BCUT2D eigenvalue weighted by Gasteiger charge is -2.08. The summed E-state index contributed by atoms with van der Waals surface area (Å²) in [7, 11) is 0. The minimum absolute atomic E-state index is 0.0230. The van der Waals surface area contributed by atoms with Gasteiger partial charge >= 0.3 is 5.97 Å². The average Bonchev–Trinajstić information content (AvgIpc) is 2.11. The zero-order chi connectivity index (χ0) is 12.3. The van der Waals surface area contributed by atoms with Crippen molar-refractivity contribution in [1.82, 2.24) is 4.98 Å². The van der Waals surface area contributed by atoms with Gasteiger partial charge in [0.1, 0.15) is 10.2 Å². The molecular formula is C9H8Cl2N2O3. The Morgan fingerprint density at radius 1 is 1.38 bits per heavy atom. The number of anilines is 1. The first-order chi connectivity index (χ1) is 7.40. The molecule has 0 saturated heterocycles. The van der Waals surface area contributed by atoms with E-state index in [1.165, 1.54) is 19.9 Å². The standard InChI is InChI=1S/C9H8Cl2N2O3/c1-4(14)12-6-3-7(10)13-9(8(6)11)16-5(2)15/h3H,1-2H3,(H,12,13,14). The van der Waals surface area contributed by atoms with E-state index in [1.807, 2.05) is 0 Å². The van der Waals surface area contributed by atoms with E-state index in [0.29, 0.717) is 0 Å². The van der Waals surface area contributed by atoms with Gasteiger partial charge in [-0.05, 0) is 0 Å². The van der Waals surface area contributed by atoms with Crippen LogP contribution in [0.15, 0.2) is 6.07 Å². The van der Waals surface area contributed by atoms with Crippen molar-refractivity contribution in [1.29, 1.82) is 0 Å². The summed E-state index contributed by atoms with van der Waals surface area (Å²) in [5.74, 6) is -1.03. The number of aromatic nitrogens is 1. The number of carbonyl (C=O) groups excluding carboxylic acids is 2. The molecule has 86 valence electrons. The maximum atomic E-state index is 10.9. The number of amides is 1. The number of hydrogen-bond donors (Lipinski definition) is 1. The number of pyridine rings is 1. The first-order valence-corrected chi connectivity index (χ1v) is 4.97. The summed E-state index contributed by atoms with van der Waals surface area (Å²) in [5, 5.41) is 2.52. The lowest BCUT2D eigenvalue weighted by molar-refractivity contribution is -0.132. The number of nitrogens with zero attached hydrogens (tertiary/aromatic N) is 1. The minimum atomic E-state index is -0.578. The molecule has 0 saturated carbocycles. The molecule has 0 unspecified atom stereocenters. The predicted molar refractivity (Wildman–Crippen MR) is 59.9 cm³/mol. The Labute approximate surface area is 102 Å². The van der Waals surface area contributed by atoms with E-state index in [0.717, 1.165) is 0 Å². The molecule has 0 aliphatic carbocycles. The molecule has 0 atom stereocenters. The number of halogens is 2. The molecule has 0 spiro atoms. The van der Waals surface area contributed by atoms with Crippen LogP contribution < -0.4 is 10.1 Å². The number of esters is 1. The first kappa shape index (κ1) is 12.7. The van der Waals surface area contributed by atoms with Gasteiger partial charge in [0.2, 0.25) is 11.8 Å². The molecule has 5 nitrogen and oxygen atoms in total. The van der Waals surface area contributed by atoms with Crippen LogP contribution in [0, 0.1) is 0 Å². The van der Waals surface area contributed by atoms with Crippen LogP contribution in [-0.2, 0) is 9.59 Å². The monoisotopic (exact) mass is 262 g/mol. The van der Waals surface area contributed by atoms with Crippen molar-refractivity contribution in [3.8, 4) is 5.88 Å². The Bertz CT molecular complexity index is 411. The molecule has 0 aliphatic rings. The number of ether oxygens (including phenoxy) is 1. The van der Waals surface area contributed by atoms with Crippen LogP contribution in [0.1, 0.15) is 13.8 Å². The maximum absolute atomic E-state index is 10.9. The largest absolute Gasteiger partial charge is 0.406 e. The average molecular weight is 263 g/mol. The third-order valence-corrected chi connectivity index (χ3v) is 2.01. The van der Waals surface area contributed by atoms with Crippen LogP contribution in [0.2, 0.25) is 10.2 Å². The molecule has 1 aromatic rings. The van der Waals surface area contributed by atoms with E-state index in [9.17, 15) is 9.59 Å². The highest BCUT2D eigenvalue weighted by Gasteiger charge is 2.14. The highest BCUT2D eigenvalue weighted by atomic mass is 35.5. The summed E-state index contributed by atoms with van der Waals surface area (Å²) in [5.41, 5.74) is 0.241. The third-order valence-electron chi connectivity index (χ3n) is 1.45. The van der Waals surface area contributed by atoms with E-state index >= 15 is 0 Å². The number of rotatable bonds is 2. The quantitative estimate of drug-likeness (QED) is 0.656. The second-order valence-electron chi connectivity index (χ2n) is 2.89. The Morgan fingerprint density at radius 2 is 2.00 bits per heavy atom. The van der Waals surface area contributed by atoms with E-state index < -0.39 is 5.97 Å². The maximum Gasteiger partial charge on any atom is 0.309 e. The molecule has 16 heavy (non-hydrogen) atoms. The van der Waals surface area contributed by atoms with E-state index in [-0.39, 0.29) is 27.7 Å². The zero-order valence-electron chi connectivity index (χ0n) is 8.51. The van der Waals surface area contributed by atoms with Crippen LogP contribution in [0.4, 0.5) is 5.69 Å². The van der Waals surface area contributed by atoms with Gasteiger partial charge in [-0.15, -0.1) is 0 Å². The van der Waals surface area contributed by atoms with E-state index in [4.69, 9.17) is 27.9 Å². The van der Waals surface area contributed by atoms with Crippen molar-refractivity contribution in [3.63, 3.8) is 0 Å². The normalized spacial score (nSPS) is 9.75. The van der Waals surface area contributed by atoms with Gasteiger partial charge in [0.25, 0.3) is 0 Å². The van der Waals surface area contributed by atoms with Gasteiger partial charge in [-0.3, -0.25) is 9.59 Å². The molecule has 0 radical (unpaired) electrons. The predicted octanol–water partition coefficient (Wildman–Crippen LogP) is 2.27. The Balaban J connectivity index is 3.14. The van der Waals surface area contributed by atoms with Crippen LogP contribution in [-0.4, -0.2) is 16.9 Å². The second-order valence-corrected chi connectivity index (χ2v) is 3.65. The number of nitrogens with one attached hydrogen (secondary N) is 1. The molecule has 1 aromatic heterocycles. The van der Waals surface area contributed by atoms with Gasteiger partial charge in [0.15, 0.2) is 0 Å². The summed E-state index contributed by atoms with van der Waals surface area (Å²) in [6, 6.07) is 1.36. The molecule has 1 N–H and O–H groups in total. The molecule has 0 bridgehead atoms. The van der Waals surface area contributed by atoms with Gasteiger partial charge in [0.05, 0.1) is 5.69 Å². The molecular weight excluding hydrogens is 255 g/mol. The van der Waals surface area contributed by atoms with Crippen molar-refractivity contribution in [2.45, 2.75) is 13.8 Å². The second kappa shape index (κ2) is 5.14. The SMILES string of the molecule is CC(=O)Nc1cc(Cl)nc(OC(C)=O)c1Cl. The first-order valence-electron chi connectivity index (χ1n) is 4.22. The fourth-order valence-corrected chi connectivity index (χ4v) is 1.33. The molecule has 0 aromatic carbocycles. The summed E-state index contributed by atoms with van der Waals surface area (Å²) >= 11 is 11.5. The van der Waals surface area contributed by atoms with Crippen molar-refractivity contribution < 1.29 is 14.3 Å². The summed E-state index contributed by atoms with van der Waals surface area (Å²) in [4.78, 5) is 25.3. The smallest absolute Gasteiger partial charge is 0.309 e. The van der Waals surface area contributed by atoms with Crippen molar-refractivity contribution >= 4 is 40.8 Å². The lowest BCUT2D eigenvalue weighted by Crippen LogP contribution is -2.09. The van der Waals surface area contributed by atoms with Crippen molar-refractivity contribution in [3.05, 3.63) is 16.2 Å². The van der Waals surface area contributed by atoms with Gasteiger partial charge in [0, 0.05) is 19.9 Å². The van der Waals surface area contributed by atoms with Crippen LogP contribution in [0.3, 0.4) is 0 Å². The Morgan fingerprint density at radius 3 is 2.50 bits per heavy atom. The molecule has 0 aliphatic heterocycles. The van der Waals surface area contributed by atoms with E-state index in [1.54, 1.807) is 0 Å².